The van der Waals surface area contributed by atoms with Crippen molar-refractivity contribution in [3.63, 3.8) is 0 Å². The average Bonchev–Trinajstić information content (AvgIpc) is 2.33. The summed E-state index contributed by atoms with van der Waals surface area (Å²) in [6.45, 7) is 17.3. The molecule has 0 saturated carbocycles. The van der Waals surface area contributed by atoms with Crippen molar-refractivity contribution in [2.45, 2.75) is 85.1 Å². The third-order valence-corrected chi connectivity index (χ3v) is 4.23. The minimum atomic E-state index is -0.0993. The zero-order valence-corrected chi connectivity index (χ0v) is 15.7. The van der Waals surface area contributed by atoms with Gasteiger partial charge in [0, 0.05) is 6.04 Å². The molecule has 1 atom stereocenters. The summed E-state index contributed by atoms with van der Waals surface area (Å²) in [5.41, 5.74) is 9.37. The fourth-order valence-corrected chi connectivity index (χ4v) is 2.69. The van der Waals surface area contributed by atoms with E-state index in [0.29, 0.717) is 11.7 Å². The molecule has 126 valence electrons. The van der Waals surface area contributed by atoms with Gasteiger partial charge in [0.1, 0.15) is 5.75 Å². The number of benzene rings is 1. The molecule has 0 radical (unpaired) electrons. The van der Waals surface area contributed by atoms with Crippen molar-refractivity contribution >= 4 is 0 Å². The number of hydrogen-bond acceptors (Lipinski definition) is 2. The van der Waals surface area contributed by atoms with Crippen LogP contribution in [-0.4, -0.2) is 5.11 Å². The smallest absolute Gasteiger partial charge is 0.123 e. The number of nitrogens with two attached hydrogens (primary N) is 1. The molecule has 2 nitrogen and oxygen atoms in total. The number of rotatable bonds is 4. The minimum Gasteiger partial charge on any atom is -0.507 e. The van der Waals surface area contributed by atoms with Gasteiger partial charge in [-0.05, 0) is 46.3 Å². The molecular formula is C20H35NO. The van der Waals surface area contributed by atoms with Crippen molar-refractivity contribution < 1.29 is 5.11 Å². The summed E-state index contributed by atoms with van der Waals surface area (Å²) >= 11 is 0. The Labute approximate surface area is 137 Å². The normalized spacial score (nSPS) is 14.5. The van der Waals surface area contributed by atoms with Crippen LogP contribution in [0.4, 0.5) is 0 Å². The van der Waals surface area contributed by atoms with Crippen LogP contribution in [0.15, 0.2) is 12.1 Å². The van der Waals surface area contributed by atoms with Gasteiger partial charge in [0.25, 0.3) is 0 Å². The third-order valence-electron chi connectivity index (χ3n) is 4.23. The van der Waals surface area contributed by atoms with E-state index in [9.17, 15) is 5.11 Å². The maximum atomic E-state index is 10.7. The van der Waals surface area contributed by atoms with E-state index in [0.717, 1.165) is 29.5 Å². The topological polar surface area (TPSA) is 46.2 Å². The highest BCUT2D eigenvalue weighted by molar-refractivity contribution is 5.50. The number of phenolic OH excluding ortho intramolecular Hbond substituents is 1. The molecule has 0 aromatic heterocycles. The van der Waals surface area contributed by atoms with Crippen LogP contribution in [0.1, 0.15) is 91.0 Å². The first-order chi connectivity index (χ1) is 9.84. The summed E-state index contributed by atoms with van der Waals surface area (Å²) in [6.07, 6.45) is 2.10. The second kappa shape index (κ2) is 6.62. The lowest BCUT2D eigenvalue weighted by atomic mass is 9.77. The SMILES string of the molecule is CC(C)CC[C@H](N)c1cc(C(C)(C)C)c(O)c(C(C)(C)C)c1. The fourth-order valence-electron chi connectivity index (χ4n) is 2.69. The Hall–Kier alpha value is -1.02. The van der Waals surface area contributed by atoms with Crippen LogP contribution in [0.3, 0.4) is 0 Å². The highest BCUT2D eigenvalue weighted by Gasteiger charge is 2.27. The first-order valence-corrected chi connectivity index (χ1v) is 8.47. The van der Waals surface area contributed by atoms with Gasteiger partial charge in [-0.1, -0.05) is 67.5 Å². The van der Waals surface area contributed by atoms with E-state index in [4.69, 9.17) is 5.73 Å². The van der Waals surface area contributed by atoms with Crippen molar-refractivity contribution in [2.75, 3.05) is 0 Å². The highest BCUT2D eigenvalue weighted by Crippen LogP contribution is 2.41. The molecule has 0 fully saturated rings. The Morgan fingerprint density at radius 2 is 1.32 bits per heavy atom. The summed E-state index contributed by atoms with van der Waals surface area (Å²) in [5, 5.41) is 10.7. The van der Waals surface area contributed by atoms with Crippen LogP contribution < -0.4 is 5.73 Å². The van der Waals surface area contributed by atoms with E-state index in [1.807, 2.05) is 0 Å². The number of hydrogen-bond donors (Lipinski definition) is 2. The maximum absolute atomic E-state index is 10.7. The van der Waals surface area contributed by atoms with E-state index in [2.05, 4.69) is 67.5 Å². The standard InChI is InChI=1S/C20H35NO/c1-13(2)9-10-17(21)14-11-15(19(3,4)5)18(22)16(12-14)20(6,7)8/h11-13,17,22H,9-10,21H2,1-8H3/t17-/m0/s1. The van der Waals surface area contributed by atoms with Crippen LogP contribution in [0.5, 0.6) is 5.75 Å². The van der Waals surface area contributed by atoms with Gasteiger partial charge in [0.05, 0.1) is 0 Å². The largest absolute Gasteiger partial charge is 0.507 e. The molecular weight excluding hydrogens is 270 g/mol. The predicted molar refractivity (Wildman–Crippen MR) is 96.5 cm³/mol. The monoisotopic (exact) mass is 305 g/mol. The van der Waals surface area contributed by atoms with Crippen molar-refractivity contribution in [1.29, 1.82) is 0 Å². The van der Waals surface area contributed by atoms with Gasteiger partial charge in [0.15, 0.2) is 0 Å². The Balaban J connectivity index is 3.35. The Bertz CT molecular complexity index is 468. The first kappa shape index (κ1) is 19.0. The molecule has 1 aromatic rings. The molecule has 3 N–H and O–H groups in total. The molecule has 0 aliphatic rings. The molecule has 2 heteroatoms. The summed E-state index contributed by atoms with van der Waals surface area (Å²) in [4.78, 5) is 0. The van der Waals surface area contributed by atoms with Gasteiger partial charge < -0.3 is 10.8 Å². The van der Waals surface area contributed by atoms with Crippen LogP contribution in [-0.2, 0) is 10.8 Å². The van der Waals surface area contributed by atoms with Gasteiger partial charge in [-0.25, -0.2) is 0 Å². The molecule has 0 spiro atoms. The highest BCUT2D eigenvalue weighted by atomic mass is 16.3. The molecule has 0 aliphatic carbocycles. The van der Waals surface area contributed by atoms with Gasteiger partial charge >= 0.3 is 0 Å². The summed E-state index contributed by atoms with van der Waals surface area (Å²) in [6, 6.07) is 4.25. The zero-order valence-electron chi connectivity index (χ0n) is 15.7. The maximum Gasteiger partial charge on any atom is 0.123 e. The second-order valence-corrected chi connectivity index (χ2v) is 9.04. The number of phenols is 1. The van der Waals surface area contributed by atoms with Gasteiger partial charge in [-0.2, -0.15) is 0 Å². The lowest BCUT2D eigenvalue weighted by molar-refractivity contribution is 0.421. The second-order valence-electron chi connectivity index (χ2n) is 9.04. The van der Waals surface area contributed by atoms with Crippen molar-refractivity contribution in [2.24, 2.45) is 11.7 Å². The fraction of sp³-hybridized carbons (Fsp3) is 0.700. The molecule has 0 bridgehead atoms. The van der Waals surface area contributed by atoms with Gasteiger partial charge in [0.2, 0.25) is 0 Å². The van der Waals surface area contributed by atoms with Crippen LogP contribution >= 0.6 is 0 Å². The molecule has 0 heterocycles. The molecule has 1 aromatic carbocycles. The lowest BCUT2D eigenvalue weighted by Crippen LogP contribution is -2.20. The van der Waals surface area contributed by atoms with Crippen LogP contribution in [0.2, 0.25) is 0 Å². The average molecular weight is 306 g/mol. The molecule has 0 amide bonds. The third kappa shape index (κ3) is 4.74. The van der Waals surface area contributed by atoms with Crippen molar-refractivity contribution in [1.82, 2.24) is 0 Å². The molecule has 0 saturated heterocycles. The quantitative estimate of drug-likeness (QED) is 0.779. The summed E-state index contributed by atoms with van der Waals surface area (Å²) in [7, 11) is 0. The first-order valence-electron chi connectivity index (χ1n) is 8.47. The van der Waals surface area contributed by atoms with E-state index < -0.39 is 0 Å². The zero-order chi connectivity index (χ0) is 17.3. The van der Waals surface area contributed by atoms with Crippen LogP contribution in [0, 0.1) is 5.92 Å². The summed E-state index contributed by atoms with van der Waals surface area (Å²) < 4.78 is 0. The van der Waals surface area contributed by atoms with Crippen molar-refractivity contribution in [3.8, 4) is 5.75 Å². The van der Waals surface area contributed by atoms with E-state index >= 15 is 0 Å². The van der Waals surface area contributed by atoms with E-state index in [1.165, 1.54) is 0 Å². The van der Waals surface area contributed by atoms with E-state index in [-0.39, 0.29) is 16.9 Å². The molecule has 0 unspecified atom stereocenters. The summed E-state index contributed by atoms with van der Waals surface area (Å²) in [5.74, 6) is 1.09. The number of aromatic hydroxyl groups is 1. The van der Waals surface area contributed by atoms with Gasteiger partial charge in [-0.3, -0.25) is 0 Å². The predicted octanol–water partition coefficient (Wildman–Crippen LogP) is 5.42. The molecule has 1 rings (SSSR count). The van der Waals surface area contributed by atoms with Gasteiger partial charge in [-0.15, -0.1) is 0 Å². The van der Waals surface area contributed by atoms with Crippen LogP contribution in [0.25, 0.3) is 0 Å². The lowest BCUT2D eigenvalue weighted by Gasteiger charge is -2.29. The Kier molecular flexibility index (Phi) is 5.72. The van der Waals surface area contributed by atoms with E-state index in [1.54, 1.807) is 0 Å². The minimum absolute atomic E-state index is 0.0326. The molecule has 0 aliphatic heterocycles. The Morgan fingerprint density at radius 1 is 0.909 bits per heavy atom. The Morgan fingerprint density at radius 3 is 1.64 bits per heavy atom. The van der Waals surface area contributed by atoms with Crippen molar-refractivity contribution in [3.05, 3.63) is 28.8 Å². The molecule has 22 heavy (non-hydrogen) atoms.